The summed E-state index contributed by atoms with van der Waals surface area (Å²) >= 11 is 0. The number of rotatable bonds is 3. The predicted octanol–water partition coefficient (Wildman–Crippen LogP) is -0.195. The second-order valence-corrected chi connectivity index (χ2v) is 4.05. The van der Waals surface area contributed by atoms with E-state index in [4.69, 9.17) is 0 Å². The van der Waals surface area contributed by atoms with E-state index >= 15 is 0 Å². The largest absolute Gasteiger partial charge is 0.355 e. The molecule has 1 unspecified atom stereocenters. The molecule has 4 nitrogen and oxygen atoms in total. The lowest BCUT2D eigenvalue weighted by atomic mass is 10.2. The number of hydrogen-bond donors (Lipinski definition) is 2. The molecule has 1 heterocycles. The fourth-order valence-electron chi connectivity index (χ4n) is 1.92. The van der Waals surface area contributed by atoms with Gasteiger partial charge in [0.15, 0.2) is 0 Å². The molecule has 2 N–H and O–H groups in total. The third-order valence-electron chi connectivity index (χ3n) is 2.66. The van der Waals surface area contributed by atoms with Crippen LogP contribution >= 0.6 is 0 Å². The maximum atomic E-state index is 11.7. The van der Waals surface area contributed by atoms with Crippen molar-refractivity contribution in [2.45, 2.75) is 32.4 Å². The summed E-state index contributed by atoms with van der Waals surface area (Å²) in [5.41, 5.74) is 0. The van der Waals surface area contributed by atoms with Crippen LogP contribution in [-0.2, 0) is 4.79 Å². The quantitative estimate of drug-likeness (QED) is 0.662. The summed E-state index contributed by atoms with van der Waals surface area (Å²) < 4.78 is 0. The van der Waals surface area contributed by atoms with Crippen molar-refractivity contribution in [3.63, 3.8) is 0 Å². The first kappa shape index (κ1) is 11.5. The van der Waals surface area contributed by atoms with Gasteiger partial charge in [-0.05, 0) is 27.3 Å². The van der Waals surface area contributed by atoms with Gasteiger partial charge in [0.05, 0.1) is 0 Å². The number of carbonyl (C=O) groups excluding carboxylic acids is 1. The van der Waals surface area contributed by atoms with Crippen LogP contribution < -0.4 is 10.6 Å². The lowest BCUT2D eigenvalue weighted by Gasteiger charge is -2.31. The summed E-state index contributed by atoms with van der Waals surface area (Å²) in [5, 5.41) is 6.02. The van der Waals surface area contributed by atoms with Crippen molar-refractivity contribution < 1.29 is 4.79 Å². The Morgan fingerprint density at radius 2 is 2.36 bits per heavy atom. The molecule has 0 radical (unpaired) electrons. The molecule has 1 atom stereocenters. The first-order chi connectivity index (χ1) is 6.66. The second-order valence-electron chi connectivity index (χ2n) is 4.05. The van der Waals surface area contributed by atoms with Crippen LogP contribution in [0.15, 0.2) is 0 Å². The fourth-order valence-corrected chi connectivity index (χ4v) is 1.92. The highest BCUT2D eigenvalue weighted by atomic mass is 16.2. The van der Waals surface area contributed by atoms with E-state index in [-0.39, 0.29) is 11.9 Å². The molecule has 0 spiro atoms. The van der Waals surface area contributed by atoms with Crippen molar-refractivity contribution in [3.8, 4) is 0 Å². The van der Waals surface area contributed by atoms with Crippen LogP contribution in [0.2, 0.25) is 0 Å². The van der Waals surface area contributed by atoms with E-state index < -0.39 is 0 Å². The van der Waals surface area contributed by atoms with Gasteiger partial charge in [0.2, 0.25) is 5.91 Å². The summed E-state index contributed by atoms with van der Waals surface area (Å²) in [5.74, 6) is 0.158. The average Bonchev–Trinajstić information content (AvgIpc) is 2.30. The molecule has 0 aliphatic carbocycles. The van der Waals surface area contributed by atoms with Crippen LogP contribution in [0.3, 0.4) is 0 Å². The van der Waals surface area contributed by atoms with E-state index in [1.807, 2.05) is 7.05 Å². The highest BCUT2D eigenvalue weighted by Crippen LogP contribution is 2.09. The van der Waals surface area contributed by atoms with E-state index in [1.165, 1.54) is 0 Å². The van der Waals surface area contributed by atoms with Crippen LogP contribution in [0.4, 0.5) is 0 Å². The Balaban J connectivity index is 2.70. The van der Waals surface area contributed by atoms with Gasteiger partial charge in [-0.1, -0.05) is 0 Å². The minimum atomic E-state index is -0.0116. The van der Waals surface area contributed by atoms with Crippen LogP contribution in [-0.4, -0.2) is 49.6 Å². The van der Waals surface area contributed by atoms with Crippen molar-refractivity contribution in [3.05, 3.63) is 0 Å². The van der Waals surface area contributed by atoms with Crippen molar-refractivity contribution in [1.29, 1.82) is 0 Å². The molecule has 0 aromatic heterocycles. The number of hydrogen-bond acceptors (Lipinski definition) is 3. The zero-order chi connectivity index (χ0) is 10.6. The average molecular weight is 199 g/mol. The molecule has 1 aliphatic rings. The smallest absolute Gasteiger partial charge is 0.238 e. The van der Waals surface area contributed by atoms with E-state index in [0.717, 1.165) is 26.1 Å². The lowest BCUT2D eigenvalue weighted by Crippen LogP contribution is -2.51. The molecule has 0 saturated carbocycles. The van der Waals surface area contributed by atoms with Crippen LogP contribution in [0.1, 0.15) is 20.3 Å². The standard InChI is InChI=1S/C10H21N3O/c1-8(2)13-6-4-5-12-10(14)9(13)7-11-3/h8-9,11H,4-7H2,1-3H3,(H,12,14). The molecule has 1 fully saturated rings. The maximum absolute atomic E-state index is 11.7. The highest BCUT2D eigenvalue weighted by Gasteiger charge is 2.28. The monoisotopic (exact) mass is 199 g/mol. The van der Waals surface area contributed by atoms with Gasteiger partial charge in [-0.2, -0.15) is 0 Å². The molecule has 0 aromatic rings. The van der Waals surface area contributed by atoms with E-state index in [1.54, 1.807) is 0 Å². The van der Waals surface area contributed by atoms with Crippen molar-refractivity contribution in [2.24, 2.45) is 0 Å². The number of carbonyl (C=O) groups is 1. The Kier molecular flexibility index (Phi) is 4.35. The number of likely N-dealkylation sites (N-methyl/N-ethyl adjacent to an activating group) is 1. The lowest BCUT2D eigenvalue weighted by molar-refractivity contribution is -0.125. The van der Waals surface area contributed by atoms with E-state index in [2.05, 4.69) is 29.4 Å². The zero-order valence-corrected chi connectivity index (χ0v) is 9.34. The molecule has 1 aliphatic heterocycles. The Morgan fingerprint density at radius 1 is 1.64 bits per heavy atom. The Hall–Kier alpha value is -0.610. The Bertz CT molecular complexity index is 194. The summed E-state index contributed by atoms with van der Waals surface area (Å²) in [6.45, 7) is 6.82. The molecule has 0 aromatic carbocycles. The first-order valence-corrected chi connectivity index (χ1v) is 5.35. The van der Waals surface area contributed by atoms with Crippen molar-refractivity contribution in [2.75, 3.05) is 26.7 Å². The second kappa shape index (κ2) is 5.32. The summed E-state index contributed by atoms with van der Waals surface area (Å²) in [6.07, 6.45) is 1.05. The Morgan fingerprint density at radius 3 is 2.93 bits per heavy atom. The Labute approximate surface area is 86.0 Å². The molecule has 0 bridgehead atoms. The molecule has 14 heavy (non-hydrogen) atoms. The van der Waals surface area contributed by atoms with Gasteiger partial charge in [-0.25, -0.2) is 0 Å². The summed E-state index contributed by atoms with van der Waals surface area (Å²) in [4.78, 5) is 14.0. The fraction of sp³-hybridized carbons (Fsp3) is 0.900. The van der Waals surface area contributed by atoms with Gasteiger partial charge >= 0.3 is 0 Å². The third kappa shape index (κ3) is 2.69. The van der Waals surface area contributed by atoms with Gasteiger partial charge in [0.25, 0.3) is 0 Å². The third-order valence-corrected chi connectivity index (χ3v) is 2.66. The molecule has 1 amide bonds. The van der Waals surface area contributed by atoms with Gasteiger partial charge in [0.1, 0.15) is 6.04 Å². The SMILES string of the molecule is CNCC1C(=O)NCCCN1C(C)C. The van der Waals surface area contributed by atoms with Gasteiger partial charge in [-0.3, -0.25) is 9.69 Å². The first-order valence-electron chi connectivity index (χ1n) is 5.35. The molecular weight excluding hydrogens is 178 g/mol. The minimum Gasteiger partial charge on any atom is -0.355 e. The summed E-state index contributed by atoms with van der Waals surface area (Å²) in [6, 6.07) is 0.416. The molecular formula is C10H21N3O. The number of amides is 1. The van der Waals surface area contributed by atoms with E-state index in [9.17, 15) is 4.79 Å². The minimum absolute atomic E-state index is 0.0116. The maximum Gasteiger partial charge on any atom is 0.238 e. The zero-order valence-electron chi connectivity index (χ0n) is 9.34. The van der Waals surface area contributed by atoms with Crippen LogP contribution in [0.25, 0.3) is 0 Å². The predicted molar refractivity (Wildman–Crippen MR) is 57.2 cm³/mol. The van der Waals surface area contributed by atoms with E-state index in [0.29, 0.717) is 6.04 Å². The van der Waals surface area contributed by atoms with Crippen LogP contribution in [0, 0.1) is 0 Å². The van der Waals surface area contributed by atoms with Gasteiger partial charge < -0.3 is 10.6 Å². The number of nitrogens with zero attached hydrogens (tertiary/aromatic N) is 1. The van der Waals surface area contributed by atoms with Gasteiger partial charge in [-0.15, -0.1) is 0 Å². The molecule has 4 heteroatoms. The van der Waals surface area contributed by atoms with Crippen molar-refractivity contribution >= 4 is 5.91 Å². The van der Waals surface area contributed by atoms with Crippen molar-refractivity contribution in [1.82, 2.24) is 15.5 Å². The normalized spacial score (nSPS) is 24.9. The number of nitrogens with one attached hydrogen (secondary N) is 2. The topological polar surface area (TPSA) is 44.4 Å². The van der Waals surface area contributed by atoms with Gasteiger partial charge in [0, 0.05) is 25.7 Å². The molecule has 1 rings (SSSR count). The summed E-state index contributed by atoms with van der Waals surface area (Å²) in [7, 11) is 1.89. The highest BCUT2D eigenvalue weighted by molar-refractivity contribution is 5.82. The van der Waals surface area contributed by atoms with Crippen LogP contribution in [0.5, 0.6) is 0 Å². The molecule has 1 saturated heterocycles. The molecule has 82 valence electrons.